The van der Waals surface area contributed by atoms with Crippen molar-refractivity contribution in [3.05, 3.63) is 59.4 Å². The van der Waals surface area contributed by atoms with E-state index in [0.29, 0.717) is 12.1 Å². The highest BCUT2D eigenvalue weighted by molar-refractivity contribution is 7.92. The fourth-order valence-electron chi connectivity index (χ4n) is 1.56. The molecule has 0 spiro atoms. The largest absolute Gasteiger partial charge is 0.279 e. The summed E-state index contributed by atoms with van der Waals surface area (Å²) in [5.74, 6) is -4.72. The Hall–Kier alpha value is -2.53. The van der Waals surface area contributed by atoms with Crippen LogP contribution in [0.15, 0.2) is 41.3 Å². The first-order chi connectivity index (χ1) is 9.83. The molecule has 0 atom stereocenters. The smallest absolute Gasteiger partial charge is 0.261 e. The summed E-state index contributed by atoms with van der Waals surface area (Å²) in [6, 6.07) is 7.85. The topological polar surface area (TPSA) is 70.0 Å². The van der Waals surface area contributed by atoms with Gasteiger partial charge in [-0.1, -0.05) is 6.07 Å². The molecule has 0 amide bonds. The summed E-state index contributed by atoms with van der Waals surface area (Å²) < 4.78 is 64.8. The molecule has 21 heavy (non-hydrogen) atoms. The van der Waals surface area contributed by atoms with E-state index >= 15 is 0 Å². The average molecular weight is 312 g/mol. The number of halogens is 3. The van der Waals surface area contributed by atoms with E-state index < -0.39 is 33.2 Å². The molecule has 0 bridgehead atoms. The van der Waals surface area contributed by atoms with Crippen molar-refractivity contribution in [3.8, 4) is 6.07 Å². The van der Waals surface area contributed by atoms with E-state index in [2.05, 4.69) is 0 Å². The molecule has 0 unspecified atom stereocenters. The molecule has 0 aromatic heterocycles. The van der Waals surface area contributed by atoms with Gasteiger partial charge in [-0.3, -0.25) is 4.72 Å². The first-order valence-corrected chi connectivity index (χ1v) is 6.99. The first-order valence-electron chi connectivity index (χ1n) is 5.51. The van der Waals surface area contributed by atoms with E-state index in [0.717, 1.165) is 6.07 Å². The maximum absolute atomic E-state index is 13.0. The van der Waals surface area contributed by atoms with Crippen molar-refractivity contribution >= 4 is 15.7 Å². The third kappa shape index (κ3) is 3.14. The van der Waals surface area contributed by atoms with Gasteiger partial charge in [-0.2, -0.15) is 5.26 Å². The van der Waals surface area contributed by atoms with Crippen LogP contribution in [0.4, 0.5) is 18.9 Å². The third-order valence-corrected chi connectivity index (χ3v) is 3.89. The second-order valence-electron chi connectivity index (χ2n) is 4.00. The Labute approximate surface area is 118 Å². The van der Waals surface area contributed by atoms with Gasteiger partial charge in [-0.15, -0.1) is 0 Å². The lowest BCUT2D eigenvalue weighted by molar-refractivity contribution is 0.448. The highest BCUT2D eigenvalue weighted by Gasteiger charge is 2.17. The zero-order valence-electron chi connectivity index (χ0n) is 10.3. The van der Waals surface area contributed by atoms with Crippen LogP contribution < -0.4 is 4.72 Å². The van der Waals surface area contributed by atoms with Gasteiger partial charge in [0.1, 0.15) is 0 Å². The predicted molar refractivity (Wildman–Crippen MR) is 68.3 cm³/mol. The van der Waals surface area contributed by atoms with Crippen LogP contribution in [0.3, 0.4) is 0 Å². The number of benzene rings is 2. The maximum Gasteiger partial charge on any atom is 0.261 e. The van der Waals surface area contributed by atoms with Gasteiger partial charge in [0.05, 0.1) is 22.2 Å². The van der Waals surface area contributed by atoms with Gasteiger partial charge in [0, 0.05) is 12.1 Å². The predicted octanol–water partition coefficient (Wildman–Crippen LogP) is 2.78. The van der Waals surface area contributed by atoms with Crippen LogP contribution in [-0.4, -0.2) is 8.42 Å². The van der Waals surface area contributed by atoms with Crippen molar-refractivity contribution in [2.24, 2.45) is 0 Å². The van der Waals surface area contributed by atoms with E-state index in [1.54, 1.807) is 6.07 Å². The second kappa shape index (κ2) is 5.46. The highest BCUT2D eigenvalue weighted by Crippen LogP contribution is 2.21. The van der Waals surface area contributed by atoms with Gasteiger partial charge in [0.15, 0.2) is 17.5 Å². The number of nitrogens with one attached hydrogen (secondary N) is 1. The lowest BCUT2D eigenvalue weighted by Gasteiger charge is -2.09. The summed E-state index contributed by atoms with van der Waals surface area (Å²) in [7, 11) is -4.15. The first kappa shape index (κ1) is 14.9. The molecule has 2 aromatic rings. The molecule has 108 valence electrons. The molecule has 0 fully saturated rings. The van der Waals surface area contributed by atoms with Crippen molar-refractivity contribution in [3.63, 3.8) is 0 Å². The molecular formula is C13H7F3N2O2S. The van der Waals surface area contributed by atoms with E-state index in [1.165, 1.54) is 18.2 Å². The van der Waals surface area contributed by atoms with Crippen LogP contribution in [-0.2, 0) is 10.0 Å². The number of nitriles is 1. The van der Waals surface area contributed by atoms with Gasteiger partial charge in [0.2, 0.25) is 0 Å². The lowest BCUT2D eigenvalue weighted by atomic mass is 10.2. The summed E-state index contributed by atoms with van der Waals surface area (Å²) in [4.78, 5) is -0.258. The molecule has 0 aliphatic rings. The molecule has 0 saturated carbocycles. The molecule has 0 radical (unpaired) electrons. The summed E-state index contributed by atoms with van der Waals surface area (Å²) in [6.07, 6.45) is 0. The average Bonchev–Trinajstić information content (AvgIpc) is 2.44. The highest BCUT2D eigenvalue weighted by atomic mass is 32.2. The number of hydrogen-bond donors (Lipinski definition) is 1. The number of nitrogens with zero attached hydrogens (tertiary/aromatic N) is 1. The van der Waals surface area contributed by atoms with Crippen molar-refractivity contribution in [2.75, 3.05) is 4.72 Å². The Morgan fingerprint density at radius 1 is 1.05 bits per heavy atom. The van der Waals surface area contributed by atoms with Crippen molar-refractivity contribution in [1.82, 2.24) is 0 Å². The molecule has 0 heterocycles. The second-order valence-corrected chi connectivity index (χ2v) is 5.68. The molecular weight excluding hydrogens is 305 g/mol. The van der Waals surface area contributed by atoms with Gasteiger partial charge < -0.3 is 0 Å². The van der Waals surface area contributed by atoms with Crippen LogP contribution in [0.2, 0.25) is 0 Å². The van der Waals surface area contributed by atoms with E-state index in [1.807, 2.05) is 4.72 Å². The SMILES string of the molecule is N#Cc1cccc(S(=O)(=O)Nc2cc(F)c(F)c(F)c2)c1. The van der Waals surface area contributed by atoms with Gasteiger partial charge in [0.25, 0.3) is 10.0 Å². The van der Waals surface area contributed by atoms with Crippen LogP contribution in [0.1, 0.15) is 5.56 Å². The molecule has 0 aliphatic heterocycles. The Morgan fingerprint density at radius 3 is 2.24 bits per heavy atom. The molecule has 0 saturated heterocycles. The van der Waals surface area contributed by atoms with E-state index in [4.69, 9.17) is 5.26 Å². The summed E-state index contributed by atoms with van der Waals surface area (Å²) in [5, 5.41) is 8.71. The molecule has 0 aliphatic carbocycles. The van der Waals surface area contributed by atoms with Gasteiger partial charge >= 0.3 is 0 Å². The van der Waals surface area contributed by atoms with E-state index in [-0.39, 0.29) is 10.5 Å². The van der Waals surface area contributed by atoms with Crippen molar-refractivity contribution in [1.29, 1.82) is 5.26 Å². The molecule has 2 aromatic carbocycles. The monoisotopic (exact) mass is 312 g/mol. The fraction of sp³-hybridized carbons (Fsp3) is 0. The normalized spacial score (nSPS) is 11.0. The molecule has 2 rings (SSSR count). The van der Waals surface area contributed by atoms with Crippen LogP contribution in [0, 0.1) is 28.8 Å². The zero-order chi connectivity index (χ0) is 15.6. The Bertz CT molecular complexity index is 822. The minimum atomic E-state index is -4.15. The maximum atomic E-state index is 13.0. The Morgan fingerprint density at radius 2 is 1.67 bits per heavy atom. The van der Waals surface area contributed by atoms with Gasteiger partial charge in [-0.25, -0.2) is 21.6 Å². The quantitative estimate of drug-likeness (QED) is 0.886. The number of rotatable bonds is 3. The molecule has 1 N–H and O–H groups in total. The standard InChI is InChI=1S/C13H7F3N2O2S/c14-11-5-9(6-12(15)13(11)16)18-21(19,20)10-3-1-2-8(4-10)7-17/h1-6,18H. The molecule has 8 heteroatoms. The summed E-state index contributed by atoms with van der Waals surface area (Å²) in [5.41, 5.74) is -0.358. The fourth-order valence-corrected chi connectivity index (χ4v) is 2.65. The number of anilines is 1. The Kier molecular flexibility index (Phi) is 3.86. The summed E-state index contributed by atoms with van der Waals surface area (Å²) in [6.45, 7) is 0. The summed E-state index contributed by atoms with van der Waals surface area (Å²) >= 11 is 0. The number of sulfonamides is 1. The lowest BCUT2D eigenvalue weighted by Crippen LogP contribution is -2.13. The van der Waals surface area contributed by atoms with Crippen LogP contribution >= 0.6 is 0 Å². The molecule has 4 nitrogen and oxygen atoms in total. The minimum Gasteiger partial charge on any atom is -0.279 e. The van der Waals surface area contributed by atoms with Crippen LogP contribution in [0.25, 0.3) is 0 Å². The Balaban J connectivity index is 2.40. The zero-order valence-corrected chi connectivity index (χ0v) is 11.1. The minimum absolute atomic E-state index is 0.106. The van der Waals surface area contributed by atoms with Crippen molar-refractivity contribution in [2.45, 2.75) is 4.90 Å². The number of hydrogen-bond acceptors (Lipinski definition) is 3. The van der Waals surface area contributed by atoms with Crippen molar-refractivity contribution < 1.29 is 21.6 Å². The third-order valence-electron chi connectivity index (χ3n) is 2.51. The van der Waals surface area contributed by atoms with Gasteiger partial charge in [-0.05, 0) is 18.2 Å². The van der Waals surface area contributed by atoms with Crippen LogP contribution in [0.5, 0.6) is 0 Å². The van der Waals surface area contributed by atoms with E-state index in [9.17, 15) is 21.6 Å².